The molecule has 0 radical (unpaired) electrons. The van der Waals surface area contributed by atoms with Crippen molar-refractivity contribution < 1.29 is 23.0 Å². The van der Waals surface area contributed by atoms with Gasteiger partial charge >= 0.3 is 0 Å². The predicted molar refractivity (Wildman–Crippen MR) is 75.9 cm³/mol. The molecule has 20 heavy (non-hydrogen) atoms. The van der Waals surface area contributed by atoms with Crippen LogP contribution < -0.4 is 9.47 Å². The van der Waals surface area contributed by atoms with Crippen LogP contribution in [0.5, 0.6) is 11.5 Å². The van der Waals surface area contributed by atoms with Crippen molar-refractivity contribution >= 4 is 9.84 Å². The molecule has 0 aromatic heterocycles. The third kappa shape index (κ3) is 3.24. The fourth-order valence-electron chi connectivity index (χ4n) is 1.96. The number of hydrogen-bond donors (Lipinski definition) is 1. The number of sulfone groups is 1. The number of aliphatic hydroxyl groups is 1. The van der Waals surface area contributed by atoms with Crippen LogP contribution >= 0.6 is 0 Å². The Morgan fingerprint density at radius 3 is 2.45 bits per heavy atom. The van der Waals surface area contributed by atoms with Crippen molar-refractivity contribution in [2.24, 2.45) is 5.92 Å². The van der Waals surface area contributed by atoms with E-state index in [0.29, 0.717) is 30.3 Å². The SMILES string of the molecule is CC1COc2ccc(C(O)C(C)S(C)(=O)=O)cc2OC1. The molecule has 0 saturated heterocycles. The Morgan fingerprint density at radius 1 is 1.25 bits per heavy atom. The molecule has 0 amide bonds. The van der Waals surface area contributed by atoms with Crippen molar-refractivity contribution in [1.29, 1.82) is 0 Å². The van der Waals surface area contributed by atoms with Gasteiger partial charge < -0.3 is 14.6 Å². The number of fused-ring (bicyclic) bond motifs is 1. The van der Waals surface area contributed by atoms with Gasteiger partial charge in [0.1, 0.15) is 0 Å². The van der Waals surface area contributed by atoms with Crippen LogP contribution in [0.15, 0.2) is 18.2 Å². The van der Waals surface area contributed by atoms with Crippen molar-refractivity contribution in [3.63, 3.8) is 0 Å². The average Bonchev–Trinajstić information content (AvgIpc) is 2.58. The van der Waals surface area contributed by atoms with Crippen molar-refractivity contribution in [3.05, 3.63) is 23.8 Å². The number of ether oxygens (including phenoxy) is 2. The first-order valence-corrected chi connectivity index (χ1v) is 8.51. The Labute approximate surface area is 119 Å². The number of hydrogen-bond acceptors (Lipinski definition) is 5. The zero-order valence-electron chi connectivity index (χ0n) is 11.9. The summed E-state index contributed by atoms with van der Waals surface area (Å²) in [5.41, 5.74) is 0.514. The van der Waals surface area contributed by atoms with Gasteiger partial charge in [-0.2, -0.15) is 0 Å². The molecule has 3 atom stereocenters. The van der Waals surface area contributed by atoms with Gasteiger partial charge in [0.05, 0.1) is 24.6 Å². The Balaban J connectivity index is 2.27. The van der Waals surface area contributed by atoms with Crippen LogP contribution in [0.4, 0.5) is 0 Å². The molecule has 2 rings (SSSR count). The van der Waals surface area contributed by atoms with E-state index in [9.17, 15) is 13.5 Å². The second-order valence-corrected chi connectivity index (χ2v) is 7.82. The van der Waals surface area contributed by atoms with Gasteiger partial charge in [-0.05, 0) is 24.6 Å². The molecule has 1 aromatic rings. The highest BCUT2D eigenvalue weighted by Crippen LogP contribution is 2.34. The lowest BCUT2D eigenvalue weighted by atomic mass is 10.1. The number of aliphatic hydroxyl groups excluding tert-OH is 1. The summed E-state index contributed by atoms with van der Waals surface area (Å²) in [6.07, 6.45) is 0.0330. The first-order chi connectivity index (χ1) is 9.29. The van der Waals surface area contributed by atoms with Gasteiger partial charge in [0, 0.05) is 12.2 Å². The molecule has 5 nitrogen and oxygen atoms in total. The molecule has 3 unspecified atom stereocenters. The lowest BCUT2D eigenvalue weighted by molar-refractivity contribution is 0.175. The third-order valence-corrected chi connectivity index (χ3v) is 5.08. The topological polar surface area (TPSA) is 72.8 Å². The molecule has 0 fully saturated rings. The molecule has 1 aliphatic heterocycles. The highest BCUT2D eigenvalue weighted by Gasteiger charge is 2.26. The highest BCUT2D eigenvalue weighted by molar-refractivity contribution is 7.91. The molecule has 1 aliphatic rings. The van der Waals surface area contributed by atoms with Crippen molar-refractivity contribution in [3.8, 4) is 11.5 Å². The van der Waals surface area contributed by atoms with Gasteiger partial charge in [-0.25, -0.2) is 8.42 Å². The van der Waals surface area contributed by atoms with Crippen LogP contribution in [-0.2, 0) is 9.84 Å². The number of benzene rings is 1. The van der Waals surface area contributed by atoms with E-state index in [1.807, 2.05) is 6.92 Å². The van der Waals surface area contributed by atoms with E-state index in [-0.39, 0.29) is 5.92 Å². The van der Waals surface area contributed by atoms with Crippen molar-refractivity contribution in [2.45, 2.75) is 25.2 Å². The first-order valence-electron chi connectivity index (χ1n) is 6.55. The largest absolute Gasteiger partial charge is 0.489 e. The van der Waals surface area contributed by atoms with E-state index in [4.69, 9.17) is 9.47 Å². The summed E-state index contributed by atoms with van der Waals surface area (Å²) >= 11 is 0. The average molecular weight is 300 g/mol. The molecule has 1 heterocycles. The maximum atomic E-state index is 11.5. The third-order valence-electron chi connectivity index (χ3n) is 3.48. The van der Waals surface area contributed by atoms with Gasteiger partial charge in [-0.3, -0.25) is 0 Å². The molecule has 0 spiro atoms. The van der Waals surface area contributed by atoms with E-state index in [1.54, 1.807) is 18.2 Å². The van der Waals surface area contributed by atoms with E-state index in [0.717, 1.165) is 6.26 Å². The maximum Gasteiger partial charge on any atom is 0.161 e. The normalized spacial score (nSPS) is 21.9. The fraction of sp³-hybridized carbons (Fsp3) is 0.571. The van der Waals surface area contributed by atoms with E-state index < -0.39 is 21.2 Å². The van der Waals surface area contributed by atoms with Crippen molar-refractivity contribution in [1.82, 2.24) is 0 Å². The molecule has 0 saturated carbocycles. The summed E-state index contributed by atoms with van der Waals surface area (Å²) in [5.74, 6) is 1.45. The summed E-state index contributed by atoms with van der Waals surface area (Å²) in [5, 5.41) is 9.30. The van der Waals surface area contributed by atoms with Gasteiger partial charge in [0.2, 0.25) is 0 Å². The van der Waals surface area contributed by atoms with Gasteiger partial charge in [0.15, 0.2) is 21.3 Å². The Bertz CT molecular complexity index is 581. The summed E-state index contributed by atoms with van der Waals surface area (Å²) in [6, 6.07) is 5.03. The van der Waals surface area contributed by atoms with E-state index >= 15 is 0 Å². The summed E-state index contributed by atoms with van der Waals surface area (Å²) in [6.45, 7) is 4.63. The highest BCUT2D eigenvalue weighted by atomic mass is 32.2. The van der Waals surface area contributed by atoms with E-state index in [1.165, 1.54) is 6.92 Å². The molecular formula is C14H20O5S. The summed E-state index contributed by atoms with van der Waals surface area (Å²) < 4.78 is 34.3. The first kappa shape index (κ1) is 15.1. The zero-order chi connectivity index (χ0) is 14.9. The van der Waals surface area contributed by atoms with Crippen LogP contribution in [-0.4, -0.2) is 38.2 Å². The smallest absolute Gasteiger partial charge is 0.161 e. The van der Waals surface area contributed by atoms with E-state index in [2.05, 4.69) is 0 Å². The number of rotatable bonds is 3. The quantitative estimate of drug-likeness (QED) is 0.917. The molecule has 0 bridgehead atoms. The maximum absolute atomic E-state index is 11.5. The van der Waals surface area contributed by atoms with Crippen LogP contribution in [0.1, 0.15) is 25.5 Å². The minimum atomic E-state index is -3.31. The van der Waals surface area contributed by atoms with Crippen LogP contribution in [0.25, 0.3) is 0 Å². The molecular weight excluding hydrogens is 280 g/mol. The zero-order valence-corrected chi connectivity index (χ0v) is 12.7. The van der Waals surface area contributed by atoms with Gasteiger partial charge in [0.25, 0.3) is 0 Å². The molecule has 0 aliphatic carbocycles. The monoisotopic (exact) mass is 300 g/mol. The second-order valence-electron chi connectivity index (χ2n) is 5.41. The molecule has 6 heteroatoms. The summed E-state index contributed by atoms with van der Waals surface area (Å²) in [7, 11) is -3.31. The van der Waals surface area contributed by atoms with Crippen LogP contribution in [0.2, 0.25) is 0 Å². The molecule has 1 aromatic carbocycles. The summed E-state index contributed by atoms with van der Waals surface area (Å²) in [4.78, 5) is 0. The lowest BCUT2D eigenvalue weighted by Crippen LogP contribution is -2.24. The fourth-order valence-corrected chi connectivity index (χ4v) is 2.58. The second kappa shape index (κ2) is 5.61. The van der Waals surface area contributed by atoms with Crippen LogP contribution in [0.3, 0.4) is 0 Å². The lowest BCUT2D eigenvalue weighted by Gasteiger charge is -2.18. The van der Waals surface area contributed by atoms with Crippen molar-refractivity contribution in [2.75, 3.05) is 19.5 Å². The molecule has 112 valence electrons. The Kier molecular flexibility index (Phi) is 4.25. The predicted octanol–water partition coefficient (Wildman–Crippen LogP) is 1.56. The minimum absolute atomic E-state index is 0.283. The Morgan fingerprint density at radius 2 is 1.85 bits per heavy atom. The Hall–Kier alpha value is -1.27. The van der Waals surface area contributed by atoms with Gasteiger partial charge in [-0.1, -0.05) is 13.0 Å². The van der Waals surface area contributed by atoms with Gasteiger partial charge in [-0.15, -0.1) is 0 Å². The molecule has 1 N–H and O–H groups in total. The minimum Gasteiger partial charge on any atom is -0.489 e. The standard InChI is InChI=1S/C14H20O5S/c1-9-7-18-12-5-4-11(6-13(12)19-8-9)14(15)10(2)20(3,16)17/h4-6,9-10,14-15H,7-8H2,1-3H3. The van der Waals surface area contributed by atoms with Crippen LogP contribution in [0, 0.1) is 5.92 Å².